The van der Waals surface area contributed by atoms with Crippen molar-refractivity contribution in [2.75, 3.05) is 19.7 Å². The van der Waals surface area contributed by atoms with Crippen molar-refractivity contribution in [3.63, 3.8) is 0 Å². The minimum Gasteiger partial charge on any atom is -0.372 e. The van der Waals surface area contributed by atoms with Crippen molar-refractivity contribution in [1.82, 2.24) is 5.32 Å². The van der Waals surface area contributed by atoms with E-state index in [1.165, 1.54) is 25.7 Å². The highest BCUT2D eigenvalue weighted by Crippen LogP contribution is 2.23. The molecule has 0 aliphatic heterocycles. The number of hydrogen-bond donors (Lipinski definition) is 1. The summed E-state index contributed by atoms with van der Waals surface area (Å²) in [6.45, 7) is 9.23. The monoisotopic (exact) mass is 311 g/mol. The molecule has 0 aliphatic carbocycles. The van der Waals surface area contributed by atoms with Crippen molar-refractivity contribution in [2.45, 2.75) is 52.6 Å². The molecular formula is C18H30ClNO. The quantitative estimate of drug-likeness (QED) is 0.604. The van der Waals surface area contributed by atoms with E-state index >= 15 is 0 Å². The zero-order valence-corrected chi connectivity index (χ0v) is 14.5. The highest BCUT2D eigenvalue weighted by molar-refractivity contribution is 6.30. The Kier molecular flexibility index (Phi) is 9.73. The summed E-state index contributed by atoms with van der Waals surface area (Å²) in [4.78, 5) is 0. The lowest BCUT2D eigenvalue weighted by atomic mass is 10.0. The molecule has 1 rings (SSSR count). The summed E-state index contributed by atoms with van der Waals surface area (Å²) in [5.41, 5.74) is 1.16. The van der Waals surface area contributed by atoms with Crippen LogP contribution in [-0.2, 0) is 4.74 Å². The van der Waals surface area contributed by atoms with Gasteiger partial charge >= 0.3 is 0 Å². The van der Waals surface area contributed by atoms with Crippen LogP contribution in [0.3, 0.4) is 0 Å². The number of ether oxygens (including phenoxy) is 1. The van der Waals surface area contributed by atoms with E-state index < -0.39 is 0 Å². The van der Waals surface area contributed by atoms with Gasteiger partial charge in [-0.25, -0.2) is 0 Å². The van der Waals surface area contributed by atoms with Crippen molar-refractivity contribution >= 4 is 11.6 Å². The maximum atomic E-state index is 6.21. The Morgan fingerprint density at radius 1 is 1.24 bits per heavy atom. The smallest absolute Gasteiger partial charge is 0.0949 e. The summed E-state index contributed by atoms with van der Waals surface area (Å²) in [5, 5.41) is 4.16. The first-order valence-corrected chi connectivity index (χ1v) is 8.66. The van der Waals surface area contributed by atoms with Gasteiger partial charge in [0.05, 0.1) is 12.7 Å². The first-order chi connectivity index (χ1) is 10.2. The number of halogens is 1. The zero-order chi connectivity index (χ0) is 15.5. The minimum atomic E-state index is 0.0827. The maximum Gasteiger partial charge on any atom is 0.0949 e. The highest BCUT2D eigenvalue weighted by atomic mass is 35.5. The number of unbranched alkanes of at least 4 members (excludes halogenated alkanes) is 1. The van der Waals surface area contributed by atoms with Gasteiger partial charge in [0.25, 0.3) is 0 Å². The van der Waals surface area contributed by atoms with Crippen LogP contribution in [0.1, 0.15) is 58.1 Å². The van der Waals surface area contributed by atoms with Gasteiger partial charge in [-0.1, -0.05) is 63.8 Å². The largest absolute Gasteiger partial charge is 0.372 e. The van der Waals surface area contributed by atoms with E-state index in [-0.39, 0.29) is 6.10 Å². The van der Waals surface area contributed by atoms with Crippen molar-refractivity contribution in [1.29, 1.82) is 0 Å². The molecule has 0 aliphatic rings. The predicted molar refractivity (Wildman–Crippen MR) is 92.0 cm³/mol. The van der Waals surface area contributed by atoms with Gasteiger partial charge in [0.1, 0.15) is 0 Å². The Morgan fingerprint density at radius 2 is 2.05 bits per heavy atom. The summed E-state index contributed by atoms with van der Waals surface area (Å²) in [5.74, 6) is 0.660. The Hall–Kier alpha value is -0.570. The van der Waals surface area contributed by atoms with Gasteiger partial charge in [0.15, 0.2) is 0 Å². The summed E-state index contributed by atoms with van der Waals surface area (Å²) >= 11 is 6.11. The molecule has 0 saturated carbocycles. The maximum absolute atomic E-state index is 6.21. The molecule has 0 amide bonds. The number of benzene rings is 1. The molecule has 1 aromatic rings. The minimum absolute atomic E-state index is 0.0827. The highest BCUT2D eigenvalue weighted by Gasteiger charge is 2.15. The lowest BCUT2D eigenvalue weighted by molar-refractivity contribution is 0.0252. The number of rotatable bonds is 11. The van der Waals surface area contributed by atoms with Gasteiger partial charge in [-0.3, -0.25) is 0 Å². The van der Waals surface area contributed by atoms with E-state index in [0.717, 1.165) is 30.3 Å². The van der Waals surface area contributed by atoms with Gasteiger partial charge < -0.3 is 10.1 Å². The van der Waals surface area contributed by atoms with E-state index in [0.29, 0.717) is 5.92 Å². The van der Waals surface area contributed by atoms with Crippen LogP contribution in [-0.4, -0.2) is 19.7 Å². The fraction of sp³-hybridized carbons (Fsp3) is 0.667. The molecule has 0 heterocycles. The molecule has 1 N–H and O–H groups in total. The number of nitrogens with one attached hydrogen (secondary N) is 1. The summed E-state index contributed by atoms with van der Waals surface area (Å²) in [6.07, 6.45) is 5.07. The molecule has 2 atom stereocenters. The van der Waals surface area contributed by atoms with Gasteiger partial charge in [-0.05, 0) is 36.6 Å². The van der Waals surface area contributed by atoms with E-state index in [1.54, 1.807) is 0 Å². The van der Waals surface area contributed by atoms with Crippen LogP contribution < -0.4 is 5.32 Å². The third-order valence-electron chi connectivity index (χ3n) is 3.88. The van der Waals surface area contributed by atoms with Gasteiger partial charge in [0.2, 0.25) is 0 Å². The predicted octanol–water partition coefficient (Wildman–Crippen LogP) is 5.22. The number of likely N-dealkylation sites (N-methyl/N-ethyl adjacent to an activating group) is 1. The average Bonchev–Trinajstić information content (AvgIpc) is 2.50. The lowest BCUT2D eigenvalue weighted by Crippen LogP contribution is -2.25. The van der Waals surface area contributed by atoms with Gasteiger partial charge in [0, 0.05) is 11.6 Å². The van der Waals surface area contributed by atoms with E-state index in [1.807, 2.05) is 18.2 Å². The Labute approximate surface area is 135 Å². The Morgan fingerprint density at radius 3 is 2.67 bits per heavy atom. The van der Waals surface area contributed by atoms with Crippen LogP contribution in [0, 0.1) is 5.92 Å². The van der Waals surface area contributed by atoms with Crippen molar-refractivity contribution in [3.8, 4) is 0 Å². The van der Waals surface area contributed by atoms with Crippen LogP contribution in [0.4, 0.5) is 0 Å². The first kappa shape index (κ1) is 18.5. The average molecular weight is 312 g/mol. The molecule has 2 nitrogen and oxygen atoms in total. The summed E-state index contributed by atoms with van der Waals surface area (Å²) in [6, 6.07) is 8.01. The Bertz CT molecular complexity index is 383. The molecule has 0 spiro atoms. The Balaban J connectivity index is 2.60. The molecule has 0 aromatic heterocycles. The fourth-order valence-electron chi connectivity index (χ4n) is 2.41. The van der Waals surface area contributed by atoms with Gasteiger partial charge in [-0.2, -0.15) is 0 Å². The summed E-state index contributed by atoms with van der Waals surface area (Å²) in [7, 11) is 0. The van der Waals surface area contributed by atoms with Crippen molar-refractivity contribution in [3.05, 3.63) is 34.9 Å². The van der Waals surface area contributed by atoms with Crippen LogP contribution in [0.15, 0.2) is 24.3 Å². The van der Waals surface area contributed by atoms with Crippen LogP contribution in [0.2, 0.25) is 5.02 Å². The molecule has 120 valence electrons. The van der Waals surface area contributed by atoms with Crippen LogP contribution in [0.5, 0.6) is 0 Å². The second-order valence-electron chi connectivity index (χ2n) is 5.60. The normalized spacial score (nSPS) is 14.1. The fourth-order valence-corrected chi connectivity index (χ4v) is 2.60. The molecule has 0 bridgehead atoms. The molecule has 21 heavy (non-hydrogen) atoms. The number of hydrogen-bond acceptors (Lipinski definition) is 2. The third-order valence-corrected chi connectivity index (χ3v) is 4.11. The summed E-state index contributed by atoms with van der Waals surface area (Å²) < 4.78 is 6.21. The van der Waals surface area contributed by atoms with E-state index in [9.17, 15) is 0 Å². The molecule has 0 radical (unpaired) electrons. The van der Waals surface area contributed by atoms with Crippen molar-refractivity contribution in [2.24, 2.45) is 5.92 Å². The van der Waals surface area contributed by atoms with E-state index in [4.69, 9.17) is 16.3 Å². The zero-order valence-electron chi connectivity index (χ0n) is 13.7. The second-order valence-corrected chi connectivity index (χ2v) is 6.04. The topological polar surface area (TPSA) is 21.3 Å². The van der Waals surface area contributed by atoms with Gasteiger partial charge in [-0.15, -0.1) is 0 Å². The van der Waals surface area contributed by atoms with Crippen molar-refractivity contribution < 1.29 is 4.74 Å². The molecule has 3 heteroatoms. The third kappa shape index (κ3) is 7.30. The lowest BCUT2D eigenvalue weighted by Gasteiger charge is -2.22. The second kappa shape index (κ2) is 11.1. The SMILES string of the molecule is CCCCC(CC)COC(CNCC)c1cccc(Cl)c1. The molecule has 2 unspecified atom stereocenters. The van der Waals surface area contributed by atoms with Crippen LogP contribution >= 0.6 is 11.6 Å². The first-order valence-electron chi connectivity index (χ1n) is 8.28. The standard InChI is InChI=1S/C18H30ClNO/c1-4-7-9-15(5-2)14-21-18(13-20-6-3)16-10-8-11-17(19)12-16/h8,10-12,15,18,20H,4-7,9,13-14H2,1-3H3. The molecule has 0 saturated heterocycles. The molecule has 1 aromatic carbocycles. The molecular weight excluding hydrogens is 282 g/mol. The van der Waals surface area contributed by atoms with Crippen LogP contribution in [0.25, 0.3) is 0 Å². The van der Waals surface area contributed by atoms with E-state index in [2.05, 4.69) is 32.2 Å². The molecule has 0 fully saturated rings.